The second kappa shape index (κ2) is 20.0. The van der Waals surface area contributed by atoms with Crippen LogP contribution in [-0.2, 0) is 10.8 Å². The number of para-hydroxylation sites is 3. The Labute approximate surface area is 521 Å². The molecule has 2 heteroatoms. The molecule has 0 unspecified atom stereocenters. The number of hydrogen-bond donors (Lipinski definition) is 0. The van der Waals surface area contributed by atoms with E-state index in [2.05, 4.69) is 343 Å². The van der Waals surface area contributed by atoms with Gasteiger partial charge in [-0.1, -0.05) is 228 Å². The van der Waals surface area contributed by atoms with Crippen LogP contribution in [0, 0.1) is 0 Å². The normalized spacial score (nSPS) is 13.6. The summed E-state index contributed by atoms with van der Waals surface area (Å²) in [5.41, 5.74) is 29.4. The molecule has 0 N–H and O–H groups in total. The molecule has 89 heavy (non-hydrogen) atoms. The van der Waals surface area contributed by atoms with Crippen LogP contribution >= 0.6 is 0 Å². The van der Waals surface area contributed by atoms with Crippen molar-refractivity contribution in [3.05, 3.63) is 326 Å². The van der Waals surface area contributed by atoms with Crippen molar-refractivity contribution in [2.24, 2.45) is 0 Å². The van der Waals surface area contributed by atoms with Crippen molar-refractivity contribution in [2.45, 2.75) is 38.5 Å². The Morgan fingerprint density at radius 2 is 0.618 bits per heavy atom. The minimum Gasteiger partial charge on any atom is -0.309 e. The van der Waals surface area contributed by atoms with E-state index in [1.165, 1.54) is 138 Å². The Hall–Kier alpha value is -10.6. The largest absolute Gasteiger partial charge is 0.309 e. The van der Waals surface area contributed by atoms with Crippen LogP contribution in [0.5, 0.6) is 0 Å². The summed E-state index contributed by atoms with van der Waals surface area (Å²) >= 11 is 0. The van der Waals surface area contributed by atoms with Crippen molar-refractivity contribution in [3.8, 4) is 83.6 Å². The summed E-state index contributed by atoms with van der Waals surface area (Å²) in [6.45, 7) is 9.47. The van der Waals surface area contributed by atoms with E-state index in [4.69, 9.17) is 0 Å². The molecule has 0 saturated heterocycles. The van der Waals surface area contributed by atoms with E-state index in [0.717, 1.165) is 28.3 Å². The molecular formula is C87H65N2+. The predicted molar refractivity (Wildman–Crippen MR) is 378 cm³/mol. The lowest BCUT2D eigenvalue weighted by atomic mass is 9.82. The van der Waals surface area contributed by atoms with Crippen molar-refractivity contribution >= 4 is 60.4 Å². The molecule has 0 atom stereocenters. The Bertz CT molecular complexity index is 5110. The Balaban J connectivity index is 0.894. The second-order valence-corrected chi connectivity index (χ2v) is 25.9. The highest BCUT2D eigenvalue weighted by Gasteiger charge is 2.38. The highest BCUT2D eigenvalue weighted by Crippen LogP contribution is 2.54. The highest BCUT2D eigenvalue weighted by molar-refractivity contribution is 6.10. The van der Waals surface area contributed by atoms with Crippen LogP contribution in [-0.4, -0.2) is 11.6 Å². The quantitative estimate of drug-likeness (QED) is 0.127. The van der Waals surface area contributed by atoms with Crippen molar-refractivity contribution in [3.63, 3.8) is 0 Å². The topological polar surface area (TPSA) is 4.93 Å². The molecule has 1 heterocycles. The fourth-order valence-corrected chi connectivity index (χ4v) is 15.6. The molecule has 1 aromatic heterocycles. The van der Waals surface area contributed by atoms with Crippen LogP contribution in [0.4, 0.5) is 17.1 Å². The van der Waals surface area contributed by atoms with Gasteiger partial charge in [0, 0.05) is 63.6 Å². The van der Waals surface area contributed by atoms with E-state index in [1.807, 2.05) is 0 Å². The van der Waals surface area contributed by atoms with Gasteiger partial charge in [0.15, 0.2) is 0 Å². The van der Waals surface area contributed by atoms with Gasteiger partial charge < -0.3 is 4.57 Å². The van der Waals surface area contributed by atoms with Crippen molar-refractivity contribution in [1.82, 2.24) is 9.05 Å². The zero-order valence-electron chi connectivity index (χ0n) is 50.8. The van der Waals surface area contributed by atoms with Crippen LogP contribution in [0.25, 0.3) is 127 Å². The monoisotopic (exact) mass is 1140 g/mol. The van der Waals surface area contributed by atoms with Gasteiger partial charge in [-0.05, 0) is 183 Å². The van der Waals surface area contributed by atoms with E-state index in [0.29, 0.717) is 4.48 Å². The number of aromatic nitrogens is 1. The van der Waals surface area contributed by atoms with Gasteiger partial charge in [-0.25, -0.2) is 4.48 Å². The number of fused-ring (bicyclic) bond motifs is 11. The summed E-state index contributed by atoms with van der Waals surface area (Å²) in [6, 6.07) is 114. The molecule has 0 fully saturated rings. The van der Waals surface area contributed by atoms with Crippen LogP contribution in [0.15, 0.2) is 303 Å². The van der Waals surface area contributed by atoms with Gasteiger partial charge in [0.25, 0.3) is 0 Å². The standard InChI is InChI=1S/C87H65N2/c1-86(2)79-29-15-10-25-71(79)77-52-63(40-48-81(77)86)68-46-44-66(54-75(68)61-36-34-56-20-6-8-22-59(56)50-61)89(5,65-42-38-58(39-43-65)70-24-12-17-31-83(70)88-84-32-18-13-27-73(84)74-28-14-19-33-85(74)88)67-45-47-69(76(55-67)62-37-35-57-21-7-9-23-60(57)51-62)64-41-49-82-78(53-64)72-26-11-16-30-80(72)87(82,3)4/h6-55H,1-5H3/q+1. The molecule has 0 radical (unpaired) electrons. The second-order valence-electron chi connectivity index (χ2n) is 25.9. The fourth-order valence-electron chi connectivity index (χ4n) is 15.6. The van der Waals surface area contributed by atoms with Crippen LogP contribution in [0.1, 0.15) is 49.9 Å². The third kappa shape index (κ3) is 8.14. The summed E-state index contributed by atoms with van der Waals surface area (Å²) in [4.78, 5) is 0. The van der Waals surface area contributed by atoms with E-state index >= 15 is 0 Å². The Kier molecular flexibility index (Phi) is 11.8. The summed E-state index contributed by atoms with van der Waals surface area (Å²) in [7, 11) is 2.40. The molecule has 17 rings (SSSR count). The first kappa shape index (κ1) is 52.7. The van der Waals surface area contributed by atoms with E-state index in [9.17, 15) is 0 Å². The number of hydrogen-bond acceptors (Lipinski definition) is 0. The molecule has 0 amide bonds. The van der Waals surface area contributed by atoms with Gasteiger partial charge in [-0.3, -0.25) is 0 Å². The van der Waals surface area contributed by atoms with Crippen molar-refractivity contribution < 1.29 is 0 Å². The van der Waals surface area contributed by atoms with Crippen LogP contribution in [0.3, 0.4) is 0 Å². The fraction of sp³-hybridized carbons (Fsp3) is 0.0805. The zero-order valence-corrected chi connectivity index (χ0v) is 50.8. The smallest absolute Gasteiger partial charge is 0.143 e. The maximum Gasteiger partial charge on any atom is 0.143 e. The SMILES string of the molecule is CC1(C)c2ccccc2-c2cc(-c3ccc([N+](C)(c4ccc(-c5ccccc5-n5c6ccccc6c6ccccc65)cc4)c4ccc(-c5ccc6c(c5)-c5ccccc5C6(C)C)c(-c5ccc6ccccc6c5)c4)cc3-c3ccc4ccccc4c3)ccc21. The molecule has 0 saturated carbocycles. The number of nitrogens with zero attached hydrogens (tertiary/aromatic N) is 2. The van der Waals surface area contributed by atoms with Crippen LogP contribution < -0.4 is 4.48 Å². The average Bonchev–Trinajstić information content (AvgIpc) is 1.90. The van der Waals surface area contributed by atoms with Gasteiger partial charge in [0.2, 0.25) is 0 Å². The third-order valence-electron chi connectivity index (χ3n) is 20.4. The first-order valence-electron chi connectivity index (χ1n) is 31.3. The molecule has 15 aromatic rings. The van der Waals surface area contributed by atoms with E-state index in [1.54, 1.807) is 0 Å². The molecule has 14 aromatic carbocycles. The molecule has 2 nitrogen and oxygen atoms in total. The van der Waals surface area contributed by atoms with Crippen LogP contribution in [0.2, 0.25) is 0 Å². The first-order valence-corrected chi connectivity index (χ1v) is 31.3. The van der Waals surface area contributed by atoms with Crippen molar-refractivity contribution in [2.75, 3.05) is 7.05 Å². The number of rotatable bonds is 9. The lowest BCUT2D eigenvalue weighted by Crippen LogP contribution is -2.33. The van der Waals surface area contributed by atoms with Gasteiger partial charge in [-0.2, -0.15) is 0 Å². The van der Waals surface area contributed by atoms with Crippen molar-refractivity contribution in [1.29, 1.82) is 0 Å². The zero-order chi connectivity index (χ0) is 59.8. The minimum absolute atomic E-state index is 0.0957. The lowest BCUT2D eigenvalue weighted by molar-refractivity contribution is 0.628. The molecule has 0 spiro atoms. The Morgan fingerprint density at radius 3 is 1.12 bits per heavy atom. The van der Waals surface area contributed by atoms with Gasteiger partial charge in [-0.15, -0.1) is 0 Å². The summed E-state index contributed by atoms with van der Waals surface area (Å²) in [5, 5.41) is 7.39. The van der Waals surface area contributed by atoms with Gasteiger partial charge in [0.05, 0.1) is 23.8 Å². The highest BCUT2D eigenvalue weighted by atomic mass is 15.3. The van der Waals surface area contributed by atoms with Gasteiger partial charge >= 0.3 is 0 Å². The molecule has 2 aliphatic carbocycles. The summed E-state index contributed by atoms with van der Waals surface area (Å²) < 4.78 is 2.83. The van der Waals surface area contributed by atoms with Gasteiger partial charge in [0.1, 0.15) is 17.1 Å². The first-order chi connectivity index (χ1) is 43.5. The summed E-state index contributed by atoms with van der Waals surface area (Å²) in [6.07, 6.45) is 0. The average molecular weight is 1140 g/mol. The van der Waals surface area contributed by atoms with E-state index < -0.39 is 0 Å². The predicted octanol–water partition coefficient (Wildman–Crippen LogP) is 23.6. The molecule has 2 aliphatic rings. The maximum absolute atomic E-state index is 2.50. The maximum atomic E-state index is 2.50. The third-order valence-corrected chi connectivity index (χ3v) is 20.4. The van der Waals surface area contributed by atoms with E-state index in [-0.39, 0.29) is 10.8 Å². The Morgan fingerprint density at radius 1 is 0.247 bits per heavy atom. The minimum atomic E-state index is -0.0957. The molecular weight excluding hydrogens is 1070 g/mol. The lowest BCUT2D eigenvalue weighted by Gasteiger charge is -2.35. The molecule has 0 aliphatic heterocycles. The molecule has 422 valence electrons. The summed E-state index contributed by atoms with van der Waals surface area (Å²) in [5.74, 6) is 0. The number of quaternary nitrogens is 1. The number of benzene rings is 14. The molecule has 0 bridgehead atoms.